The lowest BCUT2D eigenvalue weighted by Gasteiger charge is -2.09. The van der Waals surface area contributed by atoms with Crippen molar-refractivity contribution >= 4 is 5.69 Å². The summed E-state index contributed by atoms with van der Waals surface area (Å²) >= 11 is 0. The molecule has 0 aliphatic rings. The molecule has 2 nitrogen and oxygen atoms in total. The topological polar surface area (TPSA) is 21.3 Å². The maximum absolute atomic E-state index is 13.2. The SMILES string of the molecule is Fc1ccc(OCCNc2ccccc2F)c(F)c1. The Morgan fingerprint density at radius 1 is 0.947 bits per heavy atom. The summed E-state index contributed by atoms with van der Waals surface area (Å²) in [6, 6.07) is 9.30. The molecular formula is C14H12F3NO. The Hall–Kier alpha value is -2.17. The molecule has 0 aliphatic heterocycles. The summed E-state index contributed by atoms with van der Waals surface area (Å²) in [6.45, 7) is 0.439. The van der Waals surface area contributed by atoms with Crippen LogP contribution in [0.25, 0.3) is 0 Å². The van der Waals surface area contributed by atoms with Crippen molar-refractivity contribution < 1.29 is 17.9 Å². The fourth-order valence-electron chi connectivity index (χ4n) is 1.54. The van der Waals surface area contributed by atoms with Crippen molar-refractivity contribution in [1.82, 2.24) is 0 Å². The largest absolute Gasteiger partial charge is 0.489 e. The minimum Gasteiger partial charge on any atom is -0.489 e. The van der Waals surface area contributed by atoms with Gasteiger partial charge in [0, 0.05) is 12.6 Å². The number of halogens is 3. The predicted molar refractivity (Wildman–Crippen MR) is 66.7 cm³/mol. The summed E-state index contributed by atoms with van der Waals surface area (Å²) in [5.74, 6) is -1.81. The van der Waals surface area contributed by atoms with Crippen LogP contribution >= 0.6 is 0 Å². The third-order valence-electron chi connectivity index (χ3n) is 2.44. The highest BCUT2D eigenvalue weighted by Crippen LogP contribution is 2.17. The van der Waals surface area contributed by atoms with Gasteiger partial charge in [-0.1, -0.05) is 12.1 Å². The molecule has 0 saturated carbocycles. The minimum absolute atomic E-state index is 0.0308. The first-order chi connectivity index (χ1) is 9.16. The Labute approximate surface area is 108 Å². The number of hydrogen-bond acceptors (Lipinski definition) is 2. The summed E-state index contributed by atoms with van der Waals surface area (Å²) in [4.78, 5) is 0. The molecule has 1 N–H and O–H groups in total. The molecule has 0 aliphatic carbocycles. The molecule has 5 heteroatoms. The highest BCUT2D eigenvalue weighted by Gasteiger charge is 2.04. The van der Waals surface area contributed by atoms with Crippen molar-refractivity contribution in [2.75, 3.05) is 18.5 Å². The molecule has 19 heavy (non-hydrogen) atoms. The molecule has 2 rings (SSSR count). The first kappa shape index (κ1) is 13.3. The van der Waals surface area contributed by atoms with Crippen LogP contribution in [0.2, 0.25) is 0 Å². The molecule has 0 aromatic heterocycles. The Morgan fingerprint density at radius 2 is 1.74 bits per heavy atom. The summed E-state index contributed by atoms with van der Waals surface area (Å²) in [5, 5.41) is 2.82. The second-order valence-electron chi connectivity index (χ2n) is 3.83. The second-order valence-corrected chi connectivity index (χ2v) is 3.83. The highest BCUT2D eigenvalue weighted by atomic mass is 19.1. The molecule has 0 heterocycles. The monoisotopic (exact) mass is 267 g/mol. The van der Waals surface area contributed by atoms with Crippen LogP contribution in [-0.4, -0.2) is 13.2 Å². The lowest BCUT2D eigenvalue weighted by atomic mass is 10.3. The minimum atomic E-state index is -0.758. The average molecular weight is 267 g/mol. The Balaban J connectivity index is 1.83. The molecule has 0 amide bonds. The summed E-state index contributed by atoms with van der Waals surface area (Å²) in [7, 11) is 0. The van der Waals surface area contributed by atoms with E-state index in [1.54, 1.807) is 18.2 Å². The smallest absolute Gasteiger partial charge is 0.167 e. The number of rotatable bonds is 5. The van der Waals surface area contributed by atoms with Crippen molar-refractivity contribution in [1.29, 1.82) is 0 Å². The number of ether oxygens (including phenoxy) is 1. The van der Waals surface area contributed by atoms with Crippen LogP contribution in [0.1, 0.15) is 0 Å². The Morgan fingerprint density at radius 3 is 2.47 bits per heavy atom. The van der Waals surface area contributed by atoms with Gasteiger partial charge in [0.05, 0.1) is 5.69 Å². The number of nitrogens with one attached hydrogen (secondary N) is 1. The quantitative estimate of drug-likeness (QED) is 0.836. The van der Waals surface area contributed by atoms with Gasteiger partial charge in [0.1, 0.15) is 18.2 Å². The molecule has 0 atom stereocenters. The summed E-state index contributed by atoms with van der Waals surface area (Å²) in [5.41, 5.74) is 0.352. The van der Waals surface area contributed by atoms with Crippen molar-refractivity contribution in [3.8, 4) is 5.75 Å². The van der Waals surface area contributed by atoms with Gasteiger partial charge in [-0.15, -0.1) is 0 Å². The van der Waals surface area contributed by atoms with E-state index in [1.807, 2.05) is 0 Å². The average Bonchev–Trinajstić information content (AvgIpc) is 2.38. The predicted octanol–water partition coefficient (Wildman–Crippen LogP) is 3.59. The van der Waals surface area contributed by atoms with E-state index in [4.69, 9.17) is 4.74 Å². The van der Waals surface area contributed by atoms with Gasteiger partial charge in [-0.25, -0.2) is 13.2 Å². The first-order valence-corrected chi connectivity index (χ1v) is 5.73. The van der Waals surface area contributed by atoms with E-state index in [0.29, 0.717) is 12.2 Å². The molecule has 0 radical (unpaired) electrons. The van der Waals surface area contributed by atoms with Crippen LogP contribution in [0.15, 0.2) is 42.5 Å². The van der Waals surface area contributed by atoms with E-state index >= 15 is 0 Å². The fraction of sp³-hybridized carbons (Fsp3) is 0.143. The van der Waals surface area contributed by atoms with Gasteiger partial charge in [0.2, 0.25) is 0 Å². The van der Waals surface area contributed by atoms with Gasteiger partial charge < -0.3 is 10.1 Å². The van der Waals surface area contributed by atoms with Gasteiger partial charge in [-0.3, -0.25) is 0 Å². The van der Waals surface area contributed by atoms with E-state index < -0.39 is 11.6 Å². The van der Waals surface area contributed by atoms with Gasteiger partial charge in [-0.2, -0.15) is 0 Å². The summed E-state index contributed by atoms with van der Waals surface area (Å²) in [6.07, 6.45) is 0. The van der Waals surface area contributed by atoms with Crippen molar-refractivity contribution in [2.24, 2.45) is 0 Å². The lowest BCUT2D eigenvalue weighted by molar-refractivity contribution is 0.314. The van der Waals surface area contributed by atoms with Crippen LogP contribution < -0.4 is 10.1 Å². The molecule has 0 bridgehead atoms. The molecule has 100 valence electrons. The zero-order valence-electron chi connectivity index (χ0n) is 10.00. The van der Waals surface area contributed by atoms with Crippen LogP contribution in [0.3, 0.4) is 0 Å². The Kier molecular flexibility index (Phi) is 4.28. The first-order valence-electron chi connectivity index (χ1n) is 5.73. The van der Waals surface area contributed by atoms with Crippen LogP contribution in [0, 0.1) is 17.5 Å². The summed E-state index contributed by atoms with van der Waals surface area (Å²) < 4.78 is 44.2. The standard InChI is InChI=1S/C14H12F3NO/c15-10-5-6-14(12(17)9-10)19-8-7-18-13-4-2-1-3-11(13)16/h1-6,9,18H,7-8H2. The van der Waals surface area contributed by atoms with Gasteiger partial charge >= 0.3 is 0 Å². The third kappa shape index (κ3) is 3.64. The molecule has 0 fully saturated rings. The van der Waals surface area contributed by atoms with E-state index in [2.05, 4.69) is 5.32 Å². The molecular weight excluding hydrogens is 255 g/mol. The fourth-order valence-corrected chi connectivity index (χ4v) is 1.54. The third-order valence-corrected chi connectivity index (χ3v) is 2.44. The zero-order chi connectivity index (χ0) is 13.7. The Bertz CT molecular complexity index is 560. The van der Waals surface area contributed by atoms with Crippen molar-refractivity contribution in [2.45, 2.75) is 0 Å². The van der Waals surface area contributed by atoms with Gasteiger partial charge in [0.25, 0.3) is 0 Å². The van der Waals surface area contributed by atoms with E-state index in [-0.39, 0.29) is 18.2 Å². The molecule has 0 unspecified atom stereocenters. The lowest BCUT2D eigenvalue weighted by Crippen LogP contribution is -2.12. The number of anilines is 1. The van der Waals surface area contributed by atoms with Gasteiger partial charge in [-0.05, 0) is 24.3 Å². The number of benzene rings is 2. The van der Waals surface area contributed by atoms with Crippen LogP contribution in [0.4, 0.5) is 18.9 Å². The molecule has 0 spiro atoms. The normalized spacial score (nSPS) is 10.3. The number of hydrogen-bond donors (Lipinski definition) is 1. The van der Waals surface area contributed by atoms with Crippen LogP contribution in [0.5, 0.6) is 5.75 Å². The molecule has 2 aromatic carbocycles. The van der Waals surface area contributed by atoms with E-state index in [0.717, 1.165) is 12.1 Å². The van der Waals surface area contributed by atoms with Crippen molar-refractivity contribution in [3.05, 3.63) is 59.9 Å². The van der Waals surface area contributed by atoms with E-state index in [1.165, 1.54) is 12.1 Å². The molecule has 2 aromatic rings. The second kappa shape index (κ2) is 6.13. The maximum Gasteiger partial charge on any atom is 0.167 e. The maximum atomic E-state index is 13.2. The number of para-hydroxylation sites is 1. The van der Waals surface area contributed by atoms with Gasteiger partial charge in [0.15, 0.2) is 11.6 Å². The van der Waals surface area contributed by atoms with E-state index in [9.17, 15) is 13.2 Å². The zero-order valence-corrected chi connectivity index (χ0v) is 10.00. The van der Waals surface area contributed by atoms with Crippen LogP contribution in [-0.2, 0) is 0 Å². The van der Waals surface area contributed by atoms with Crippen molar-refractivity contribution in [3.63, 3.8) is 0 Å². The highest BCUT2D eigenvalue weighted by molar-refractivity contribution is 5.44. The molecule has 0 saturated heterocycles.